The third kappa shape index (κ3) is 4.08. The third-order valence-corrected chi connectivity index (χ3v) is 7.48. The van der Waals surface area contributed by atoms with Gasteiger partial charge in [0.1, 0.15) is 5.54 Å². The lowest BCUT2D eigenvalue weighted by atomic mass is 9.84. The monoisotopic (exact) mass is 445 g/mol. The summed E-state index contributed by atoms with van der Waals surface area (Å²) < 4.78 is 0. The van der Waals surface area contributed by atoms with Crippen molar-refractivity contribution in [3.63, 3.8) is 0 Å². The van der Waals surface area contributed by atoms with E-state index in [1.54, 1.807) is 11.3 Å². The van der Waals surface area contributed by atoms with Crippen LogP contribution in [0.3, 0.4) is 0 Å². The highest BCUT2D eigenvalue weighted by atomic mass is 32.1. The zero-order chi connectivity index (χ0) is 22.0. The van der Waals surface area contributed by atoms with Gasteiger partial charge in [-0.15, -0.1) is 11.3 Å². The lowest BCUT2D eigenvalue weighted by molar-refractivity contribution is -0.133. The first kappa shape index (κ1) is 20.9. The maximum absolute atomic E-state index is 13.8. The summed E-state index contributed by atoms with van der Waals surface area (Å²) in [4.78, 5) is 32.0. The Balaban J connectivity index is 1.42. The van der Waals surface area contributed by atoms with E-state index < -0.39 is 5.54 Å². The Bertz CT molecular complexity index is 1030. The average molecular weight is 446 g/mol. The van der Waals surface area contributed by atoms with Gasteiger partial charge in [-0.3, -0.25) is 9.69 Å². The zero-order valence-corrected chi connectivity index (χ0v) is 18.8. The molecule has 0 unspecified atom stereocenters. The van der Waals surface area contributed by atoms with Gasteiger partial charge in [0.25, 0.3) is 5.91 Å². The van der Waals surface area contributed by atoms with Gasteiger partial charge in [-0.2, -0.15) is 0 Å². The minimum atomic E-state index is -0.974. The fourth-order valence-electron chi connectivity index (χ4n) is 4.98. The molecule has 32 heavy (non-hydrogen) atoms. The molecule has 2 fully saturated rings. The zero-order valence-electron chi connectivity index (χ0n) is 17.9. The molecule has 0 aliphatic carbocycles. The summed E-state index contributed by atoms with van der Waals surface area (Å²) >= 11 is 1.74. The molecule has 3 aromatic rings. The second kappa shape index (κ2) is 8.88. The molecular weight excluding hydrogens is 418 g/mol. The number of hydrogen-bond donors (Lipinski definition) is 1. The van der Waals surface area contributed by atoms with Crippen LogP contribution in [0.1, 0.15) is 34.9 Å². The van der Waals surface area contributed by atoms with Crippen LogP contribution < -0.4 is 5.32 Å². The van der Waals surface area contributed by atoms with Gasteiger partial charge in [0.15, 0.2) is 0 Å². The molecule has 164 valence electrons. The molecule has 5 nitrogen and oxygen atoms in total. The third-order valence-electron chi connectivity index (χ3n) is 6.50. The van der Waals surface area contributed by atoms with E-state index in [0.29, 0.717) is 19.5 Å². The molecular formula is C26H27N3O2S. The Hall–Kier alpha value is -2.96. The van der Waals surface area contributed by atoms with Crippen LogP contribution in [0.15, 0.2) is 78.2 Å². The van der Waals surface area contributed by atoms with Gasteiger partial charge < -0.3 is 5.32 Å². The highest BCUT2D eigenvalue weighted by molar-refractivity contribution is 7.10. The van der Waals surface area contributed by atoms with Crippen LogP contribution in [-0.4, -0.2) is 40.5 Å². The van der Waals surface area contributed by atoms with E-state index in [4.69, 9.17) is 0 Å². The van der Waals surface area contributed by atoms with E-state index in [-0.39, 0.29) is 18.0 Å². The SMILES string of the molecule is O=C1NC(Cc2ccccc2)(Cc2ccccc2)C(=O)N1CN1CCC[C@@H]1c1cccs1. The Morgan fingerprint density at radius 3 is 2.16 bits per heavy atom. The summed E-state index contributed by atoms with van der Waals surface area (Å²) in [7, 11) is 0. The van der Waals surface area contributed by atoms with E-state index in [0.717, 1.165) is 30.5 Å². The molecule has 0 bridgehead atoms. The first-order valence-corrected chi connectivity index (χ1v) is 12.0. The van der Waals surface area contributed by atoms with Crippen molar-refractivity contribution in [1.29, 1.82) is 0 Å². The molecule has 0 saturated carbocycles. The number of nitrogens with zero attached hydrogens (tertiary/aromatic N) is 2. The summed E-state index contributed by atoms with van der Waals surface area (Å²) in [6, 6.07) is 24.1. The molecule has 0 radical (unpaired) electrons. The van der Waals surface area contributed by atoms with Crippen LogP contribution in [0, 0.1) is 0 Å². The molecule has 2 aliphatic heterocycles. The van der Waals surface area contributed by atoms with Crippen LogP contribution in [0.2, 0.25) is 0 Å². The summed E-state index contributed by atoms with van der Waals surface area (Å²) in [5.74, 6) is -0.132. The van der Waals surface area contributed by atoms with Crippen molar-refractivity contribution >= 4 is 23.3 Å². The quantitative estimate of drug-likeness (QED) is 0.540. The Kier molecular flexibility index (Phi) is 5.81. The van der Waals surface area contributed by atoms with E-state index in [1.165, 1.54) is 9.78 Å². The van der Waals surface area contributed by atoms with Crippen molar-refractivity contribution in [2.75, 3.05) is 13.2 Å². The standard InChI is InChI=1S/C26H27N3O2S/c30-24-26(17-20-9-3-1-4-10-20,18-21-11-5-2-6-12-21)27-25(31)29(24)19-28-15-7-13-22(28)23-14-8-16-32-23/h1-6,8-12,14,16,22H,7,13,15,17-19H2,(H,27,31)/t22-/m1/s1. The molecule has 5 rings (SSSR count). The molecule has 0 spiro atoms. The lowest BCUT2D eigenvalue weighted by Crippen LogP contribution is -2.51. The fraction of sp³-hybridized carbons (Fsp3) is 0.308. The topological polar surface area (TPSA) is 52.7 Å². The lowest BCUT2D eigenvalue weighted by Gasteiger charge is -2.30. The van der Waals surface area contributed by atoms with Crippen LogP contribution >= 0.6 is 11.3 Å². The van der Waals surface area contributed by atoms with Crippen molar-refractivity contribution in [3.05, 3.63) is 94.2 Å². The molecule has 3 heterocycles. The fourth-order valence-corrected chi connectivity index (χ4v) is 5.87. The van der Waals surface area contributed by atoms with Gasteiger partial charge in [-0.1, -0.05) is 66.7 Å². The number of carbonyl (C=O) groups is 2. The highest BCUT2D eigenvalue weighted by Gasteiger charge is 2.51. The number of hydrogen-bond acceptors (Lipinski definition) is 4. The molecule has 2 aliphatic rings. The molecule has 1 atom stereocenters. The predicted octanol–water partition coefficient (Wildman–Crippen LogP) is 4.62. The van der Waals surface area contributed by atoms with Gasteiger partial charge >= 0.3 is 6.03 Å². The number of likely N-dealkylation sites (tertiary alicyclic amines) is 1. The number of benzene rings is 2. The highest BCUT2D eigenvalue weighted by Crippen LogP contribution is 2.36. The van der Waals surface area contributed by atoms with Crippen molar-refractivity contribution in [2.24, 2.45) is 0 Å². The van der Waals surface area contributed by atoms with Gasteiger partial charge in [0.2, 0.25) is 0 Å². The van der Waals surface area contributed by atoms with Crippen molar-refractivity contribution in [1.82, 2.24) is 15.1 Å². The van der Waals surface area contributed by atoms with Crippen LogP contribution in [-0.2, 0) is 17.6 Å². The molecule has 1 aromatic heterocycles. The molecule has 2 saturated heterocycles. The number of rotatable bonds is 7. The largest absolute Gasteiger partial charge is 0.326 e. The number of nitrogens with one attached hydrogen (secondary N) is 1. The first-order valence-electron chi connectivity index (χ1n) is 11.1. The van der Waals surface area contributed by atoms with E-state index >= 15 is 0 Å². The first-order chi connectivity index (χ1) is 15.6. The van der Waals surface area contributed by atoms with E-state index in [1.807, 2.05) is 60.7 Å². The van der Waals surface area contributed by atoms with Crippen LogP contribution in [0.25, 0.3) is 0 Å². The van der Waals surface area contributed by atoms with E-state index in [2.05, 4.69) is 27.7 Å². The van der Waals surface area contributed by atoms with Crippen molar-refractivity contribution < 1.29 is 9.59 Å². The number of thiophene rings is 1. The molecule has 6 heteroatoms. The van der Waals surface area contributed by atoms with Crippen molar-refractivity contribution in [2.45, 2.75) is 37.3 Å². The summed E-state index contributed by atoms with van der Waals surface area (Å²) in [6.07, 6.45) is 3.07. The van der Waals surface area contributed by atoms with Gasteiger partial charge in [0.05, 0.1) is 6.67 Å². The second-order valence-corrected chi connectivity index (χ2v) is 9.68. The Morgan fingerprint density at radius 1 is 0.906 bits per heavy atom. The predicted molar refractivity (Wildman–Crippen MR) is 126 cm³/mol. The van der Waals surface area contributed by atoms with Crippen LogP contribution in [0.4, 0.5) is 4.79 Å². The number of urea groups is 1. The molecule has 2 aromatic carbocycles. The van der Waals surface area contributed by atoms with Crippen LogP contribution in [0.5, 0.6) is 0 Å². The average Bonchev–Trinajstić information content (AvgIpc) is 3.53. The normalized spacial score (nSPS) is 20.6. The Labute approximate surface area is 192 Å². The van der Waals surface area contributed by atoms with Gasteiger partial charge in [-0.05, 0) is 35.4 Å². The molecule has 1 N–H and O–H groups in total. The van der Waals surface area contributed by atoms with Crippen molar-refractivity contribution in [3.8, 4) is 0 Å². The van der Waals surface area contributed by atoms with Gasteiger partial charge in [0, 0.05) is 30.3 Å². The maximum atomic E-state index is 13.8. The number of imide groups is 1. The number of amides is 3. The summed E-state index contributed by atoms with van der Waals surface area (Å²) in [6.45, 7) is 1.22. The molecule has 3 amide bonds. The number of carbonyl (C=O) groups excluding carboxylic acids is 2. The summed E-state index contributed by atoms with van der Waals surface area (Å²) in [5, 5.41) is 5.19. The summed E-state index contributed by atoms with van der Waals surface area (Å²) in [5.41, 5.74) is 1.10. The minimum Gasteiger partial charge on any atom is -0.322 e. The smallest absolute Gasteiger partial charge is 0.322 e. The minimum absolute atomic E-state index is 0.132. The van der Waals surface area contributed by atoms with Gasteiger partial charge in [-0.25, -0.2) is 9.69 Å². The second-order valence-electron chi connectivity index (χ2n) is 8.70. The Morgan fingerprint density at radius 2 is 1.56 bits per heavy atom. The van der Waals surface area contributed by atoms with E-state index in [9.17, 15) is 9.59 Å². The maximum Gasteiger partial charge on any atom is 0.326 e.